The third-order valence-corrected chi connectivity index (χ3v) is 16.7. The molecule has 0 aliphatic rings. The number of hydrogen-bond donors (Lipinski definition) is 0. The topological polar surface area (TPSA) is 56.7 Å². The summed E-state index contributed by atoms with van der Waals surface area (Å²) >= 11 is 0. The van der Waals surface area contributed by atoms with Gasteiger partial charge in [-0.3, -0.25) is 0 Å². The second kappa shape index (κ2) is 17.0. The summed E-state index contributed by atoms with van der Waals surface area (Å²) in [6, 6.07) is 38.9. The summed E-state index contributed by atoms with van der Waals surface area (Å²) in [5.74, 6) is 1.97. The van der Waals surface area contributed by atoms with Gasteiger partial charge < -0.3 is 8.98 Å². The van der Waals surface area contributed by atoms with Crippen LogP contribution in [0.3, 0.4) is 0 Å². The Balaban J connectivity index is 1.19. The van der Waals surface area contributed by atoms with Gasteiger partial charge in [0.15, 0.2) is 23.1 Å². The number of benzene rings is 8. The molecule has 0 amide bonds. The number of furan rings is 1. The predicted octanol–water partition coefficient (Wildman–Crippen LogP) is -11.2. The molecule has 0 bridgehead atoms. The Hall–Kier alpha value is -6.72. The third kappa shape index (κ3) is 6.78. The van der Waals surface area contributed by atoms with E-state index in [1.165, 1.54) is 110 Å². The first-order chi connectivity index (χ1) is 33.6. The second-order valence-electron chi connectivity index (χ2n) is 19.9. The van der Waals surface area contributed by atoms with E-state index in [4.69, 9.17) is 19.4 Å². The maximum absolute atomic E-state index is 7.06. The van der Waals surface area contributed by atoms with Gasteiger partial charge in [0.25, 0.3) is 0 Å². The van der Waals surface area contributed by atoms with Crippen molar-refractivity contribution in [2.45, 2.75) is 0 Å². The molecule has 11 rings (SSSR count). The molecule has 0 aliphatic carbocycles. The highest BCUT2D eigenvalue weighted by Gasteiger charge is 2.27. The van der Waals surface area contributed by atoms with Crippen molar-refractivity contribution in [1.29, 1.82) is 0 Å². The summed E-state index contributed by atoms with van der Waals surface area (Å²) in [4.78, 5) is 16.7. The maximum Gasteiger partial charge on any atom is 0.164 e. The average Bonchev–Trinajstić information content (AvgIpc) is 3.93. The Morgan fingerprint density at radius 1 is 0.343 bits per heavy atom. The van der Waals surface area contributed by atoms with Gasteiger partial charge >= 0.3 is 0 Å². The Labute approximate surface area is 422 Å². The SMILES string of the molecule is Bc1c(B)c(B)c(-c2nc(-c3c(B)c(B)c(B)c(-c4c(B)c(B)c(B)c(B)c4B)c3B)nc(-c3cccc4oc5c(-n6c7ccccc7c7cc(-c8ccccc8)ccc76)cccc5c34)n2)c(B)c1B. The second-order valence-corrected chi connectivity index (χ2v) is 19.9. The van der Waals surface area contributed by atoms with Gasteiger partial charge in [-0.05, 0) is 52.6 Å². The van der Waals surface area contributed by atoms with Crippen molar-refractivity contribution in [2.24, 2.45) is 0 Å². The molecule has 5 nitrogen and oxygen atoms in total. The van der Waals surface area contributed by atoms with E-state index in [0.29, 0.717) is 17.5 Å². The lowest BCUT2D eigenvalue weighted by Gasteiger charge is -2.27. The van der Waals surface area contributed by atoms with Crippen LogP contribution in [0.15, 0.2) is 114 Å². The quantitative estimate of drug-likeness (QED) is 0.156. The van der Waals surface area contributed by atoms with Crippen LogP contribution < -0.4 is 76.5 Å². The van der Waals surface area contributed by atoms with Gasteiger partial charge in [-0.25, -0.2) is 15.0 Å². The predicted molar refractivity (Wildman–Crippen MR) is 343 cm³/mol. The molecule has 0 saturated carbocycles. The largest absolute Gasteiger partial charge is 0.454 e. The average molecular weight is 882 g/mol. The lowest BCUT2D eigenvalue weighted by Crippen LogP contribution is -2.57. The molecule has 318 valence electrons. The van der Waals surface area contributed by atoms with E-state index in [9.17, 15) is 0 Å². The van der Waals surface area contributed by atoms with Crippen LogP contribution in [0.1, 0.15) is 0 Å². The highest BCUT2D eigenvalue weighted by atomic mass is 16.3. The van der Waals surface area contributed by atoms with Crippen molar-refractivity contribution >= 4 is 230 Å². The normalized spacial score (nSPS) is 11.7. The summed E-state index contributed by atoms with van der Waals surface area (Å²) in [6.45, 7) is 0. The Morgan fingerprint density at radius 2 is 0.814 bits per heavy atom. The zero-order valence-electron chi connectivity index (χ0n) is 43.1. The Bertz CT molecular complexity index is 4020. The molecule has 0 N–H and O–H groups in total. The van der Waals surface area contributed by atoms with E-state index in [0.717, 1.165) is 55.3 Å². The summed E-state index contributed by atoms with van der Waals surface area (Å²) in [7, 11) is 31.5. The minimum Gasteiger partial charge on any atom is -0.454 e. The number of aromatic nitrogens is 4. The minimum absolute atomic E-state index is 0.617. The Morgan fingerprint density at radius 3 is 1.44 bits per heavy atom. The molecule has 70 heavy (non-hydrogen) atoms. The van der Waals surface area contributed by atoms with Gasteiger partial charge in [0.1, 0.15) is 115 Å². The number of nitrogens with zero attached hydrogens (tertiary/aromatic N) is 4. The van der Waals surface area contributed by atoms with Crippen molar-refractivity contribution in [3.8, 4) is 62.1 Å². The van der Waals surface area contributed by atoms with Crippen LogP contribution in [-0.2, 0) is 0 Å². The van der Waals surface area contributed by atoms with Gasteiger partial charge in [0.2, 0.25) is 0 Å². The van der Waals surface area contributed by atoms with Crippen molar-refractivity contribution < 1.29 is 4.42 Å². The lowest BCUT2D eigenvalue weighted by molar-refractivity contribution is 0.666. The zero-order chi connectivity index (χ0) is 49.2. The van der Waals surface area contributed by atoms with Gasteiger partial charge in [0, 0.05) is 38.2 Å². The van der Waals surface area contributed by atoms with Gasteiger partial charge in [0.05, 0.1) is 16.7 Å². The molecule has 3 aromatic heterocycles. The fourth-order valence-electron chi connectivity index (χ4n) is 11.7. The van der Waals surface area contributed by atoms with Crippen LogP contribution in [0, 0.1) is 0 Å². The van der Waals surface area contributed by atoms with E-state index < -0.39 is 0 Å². The van der Waals surface area contributed by atoms with Crippen molar-refractivity contribution in [3.63, 3.8) is 0 Å². The summed E-state index contributed by atoms with van der Waals surface area (Å²) in [5.41, 5.74) is 30.6. The third-order valence-electron chi connectivity index (χ3n) is 16.7. The highest BCUT2D eigenvalue weighted by molar-refractivity contribution is 6.71. The molecular formula is C51H46B14N4O. The Kier molecular flexibility index (Phi) is 11.1. The van der Waals surface area contributed by atoms with Crippen LogP contribution in [0.2, 0.25) is 0 Å². The molecule has 8 aromatic carbocycles. The van der Waals surface area contributed by atoms with Crippen LogP contribution in [0.25, 0.3) is 106 Å². The minimum atomic E-state index is 0.617. The van der Waals surface area contributed by atoms with E-state index in [1.54, 1.807) is 0 Å². The molecule has 0 spiro atoms. The first-order valence-electron chi connectivity index (χ1n) is 24.6. The number of rotatable bonds is 6. The first kappa shape index (κ1) is 45.7. The first-order valence-corrected chi connectivity index (χ1v) is 24.6. The van der Waals surface area contributed by atoms with Crippen LogP contribution >= 0.6 is 0 Å². The fourth-order valence-corrected chi connectivity index (χ4v) is 11.7. The molecule has 0 atom stereocenters. The fraction of sp³-hybridized carbons (Fsp3) is 0. The van der Waals surface area contributed by atoms with Gasteiger partial charge in [-0.1, -0.05) is 117 Å². The molecule has 19 heteroatoms. The lowest BCUT2D eigenvalue weighted by atomic mass is 9.56. The molecule has 11 aromatic rings. The maximum atomic E-state index is 7.06. The monoisotopic (exact) mass is 884 g/mol. The van der Waals surface area contributed by atoms with Crippen LogP contribution in [-0.4, -0.2) is 129 Å². The van der Waals surface area contributed by atoms with Crippen molar-refractivity contribution in [1.82, 2.24) is 19.5 Å². The standard InChI is InChI=1S/C51H46B14N4O/c52-34-30(31-36(54)42(60)46(64)43(61)37(31)55)35(53)41(59)38(56)32(34)50-66-49(67-51(68-50)33-39(57)44(62)47(65)45(63)40(33)58)23-12-7-15-28-29(23)22-11-6-14-27(48(22)70-28)69-25-13-5-4-10-21(25)24-18-20(16-17-26(24)69)19-8-2-1-3-9-19/h1-18H,52-65H2. The summed E-state index contributed by atoms with van der Waals surface area (Å²) < 4.78 is 9.42. The van der Waals surface area contributed by atoms with Crippen LogP contribution in [0.5, 0.6) is 0 Å². The van der Waals surface area contributed by atoms with Crippen molar-refractivity contribution in [3.05, 3.63) is 109 Å². The van der Waals surface area contributed by atoms with Crippen LogP contribution in [0.4, 0.5) is 0 Å². The van der Waals surface area contributed by atoms with E-state index >= 15 is 0 Å². The van der Waals surface area contributed by atoms with Crippen molar-refractivity contribution in [2.75, 3.05) is 0 Å². The zero-order valence-corrected chi connectivity index (χ0v) is 43.1. The number of para-hydroxylation sites is 2. The molecular weight excluding hydrogens is 836 g/mol. The van der Waals surface area contributed by atoms with E-state index in [2.05, 4.69) is 224 Å². The van der Waals surface area contributed by atoms with Gasteiger partial charge in [-0.15, -0.1) is 38.2 Å². The molecule has 3 heterocycles. The molecule has 0 fully saturated rings. The molecule has 0 radical (unpaired) electrons. The number of hydrogen-bond acceptors (Lipinski definition) is 4. The summed E-state index contributed by atoms with van der Waals surface area (Å²) in [6.07, 6.45) is 0. The van der Waals surface area contributed by atoms with E-state index in [1.807, 2.05) is 0 Å². The molecule has 0 saturated heterocycles. The molecule has 0 aliphatic heterocycles. The smallest absolute Gasteiger partial charge is 0.164 e. The molecule has 0 unspecified atom stereocenters. The highest BCUT2D eigenvalue weighted by Crippen LogP contribution is 2.41. The van der Waals surface area contributed by atoms with E-state index in [-0.39, 0.29) is 0 Å². The summed E-state index contributed by atoms with van der Waals surface area (Å²) in [5, 5.41) is 4.37. The van der Waals surface area contributed by atoms with Gasteiger partial charge in [-0.2, -0.15) is 0 Å². The number of fused-ring (bicyclic) bond motifs is 6.